The first-order valence-corrected chi connectivity index (χ1v) is 5.95. The first-order chi connectivity index (χ1) is 8.61. The normalized spacial score (nSPS) is 10.7. The van der Waals surface area contributed by atoms with E-state index < -0.39 is 0 Å². The molecule has 2 heterocycles. The number of nitrogens with two attached hydrogens (primary N) is 1. The molecule has 2 aromatic heterocycles. The largest absolute Gasteiger partial charge is 0.487 e. The van der Waals surface area contributed by atoms with Gasteiger partial charge in [0, 0.05) is 19.2 Å². The maximum absolute atomic E-state index is 6.12. The molecule has 0 spiro atoms. The Labute approximate surface area is 111 Å². The Balaban J connectivity index is 2.06. The lowest BCUT2D eigenvalue weighted by Gasteiger charge is -2.06. The first kappa shape index (κ1) is 12.9. The summed E-state index contributed by atoms with van der Waals surface area (Å²) in [6, 6.07) is 3.68. The molecule has 0 aliphatic heterocycles. The third-order valence-corrected chi connectivity index (χ3v) is 3.13. The SMILES string of the molecule is Cc1nn(C)c(Cl)c1COc1ccc(CN)nc1. The predicted molar refractivity (Wildman–Crippen MR) is 69.4 cm³/mol. The van der Waals surface area contributed by atoms with Gasteiger partial charge in [0.1, 0.15) is 17.5 Å². The van der Waals surface area contributed by atoms with Crippen LogP contribution in [0.5, 0.6) is 5.75 Å². The van der Waals surface area contributed by atoms with Gasteiger partial charge in [-0.05, 0) is 19.1 Å². The number of rotatable bonds is 4. The number of ether oxygens (including phenoxy) is 1. The molecule has 0 atom stereocenters. The molecular formula is C12H15ClN4O. The van der Waals surface area contributed by atoms with Crippen molar-refractivity contribution in [2.45, 2.75) is 20.1 Å². The molecule has 0 fully saturated rings. The van der Waals surface area contributed by atoms with E-state index in [1.54, 1.807) is 17.9 Å². The lowest BCUT2D eigenvalue weighted by atomic mass is 10.3. The minimum absolute atomic E-state index is 0.377. The monoisotopic (exact) mass is 266 g/mol. The predicted octanol–water partition coefficient (Wildman–Crippen LogP) is 1.81. The molecule has 0 aliphatic rings. The van der Waals surface area contributed by atoms with E-state index in [1.165, 1.54) is 0 Å². The number of aryl methyl sites for hydroxylation is 2. The van der Waals surface area contributed by atoms with Crippen molar-refractivity contribution in [3.8, 4) is 5.75 Å². The van der Waals surface area contributed by atoms with Crippen LogP contribution in [-0.2, 0) is 20.2 Å². The molecule has 2 rings (SSSR count). The molecule has 5 nitrogen and oxygen atoms in total. The van der Waals surface area contributed by atoms with Crippen LogP contribution in [0.2, 0.25) is 5.15 Å². The van der Waals surface area contributed by atoms with Crippen molar-refractivity contribution in [1.29, 1.82) is 0 Å². The van der Waals surface area contributed by atoms with Crippen molar-refractivity contribution in [3.05, 3.63) is 40.4 Å². The van der Waals surface area contributed by atoms with Gasteiger partial charge in [-0.3, -0.25) is 9.67 Å². The molecule has 0 saturated heterocycles. The third-order valence-electron chi connectivity index (χ3n) is 2.66. The summed E-state index contributed by atoms with van der Waals surface area (Å²) in [5.74, 6) is 0.687. The Morgan fingerprint density at radius 1 is 1.44 bits per heavy atom. The zero-order chi connectivity index (χ0) is 13.1. The van der Waals surface area contributed by atoms with Crippen molar-refractivity contribution in [2.24, 2.45) is 12.8 Å². The zero-order valence-corrected chi connectivity index (χ0v) is 11.1. The summed E-state index contributed by atoms with van der Waals surface area (Å²) in [5.41, 5.74) is 8.07. The summed E-state index contributed by atoms with van der Waals surface area (Å²) in [6.07, 6.45) is 1.65. The van der Waals surface area contributed by atoms with E-state index in [-0.39, 0.29) is 0 Å². The standard InChI is InChI=1S/C12H15ClN4O/c1-8-11(12(13)17(2)16-8)7-18-10-4-3-9(5-14)15-6-10/h3-4,6H,5,7,14H2,1-2H3. The number of hydrogen-bond acceptors (Lipinski definition) is 4. The van der Waals surface area contributed by atoms with Gasteiger partial charge >= 0.3 is 0 Å². The zero-order valence-electron chi connectivity index (χ0n) is 10.4. The lowest BCUT2D eigenvalue weighted by Crippen LogP contribution is -2.01. The van der Waals surface area contributed by atoms with Crippen LogP contribution in [0.15, 0.2) is 18.3 Å². The fraction of sp³-hybridized carbons (Fsp3) is 0.333. The Morgan fingerprint density at radius 2 is 2.22 bits per heavy atom. The minimum Gasteiger partial charge on any atom is -0.487 e. The second-order valence-electron chi connectivity index (χ2n) is 3.96. The maximum atomic E-state index is 6.12. The van der Waals surface area contributed by atoms with E-state index in [0.717, 1.165) is 17.0 Å². The molecule has 0 saturated carbocycles. The minimum atomic E-state index is 0.377. The van der Waals surface area contributed by atoms with Gasteiger partial charge in [0.2, 0.25) is 0 Å². The highest BCUT2D eigenvalue weighted by Crippen LogP contribution is 2.20. The van der Waals surface area contributed by atoms with Gasteiger partial charge in [-0.2, -0.15) is 5.10 Å². The topological polar surface area (TPSA) is 66.0 Å². The summed E-state index contributed by atoms with van der Waals surface area (Å²) in [4.78, 5) is 4.16. The van der Waals surface area contributed by atoms with Crippen LogP contribution in [0.3, 0.4) is 0 Å². The molecule has 0 unspecified atom stereocenters. The quantitative estimate of drug-likeness (QED) is 0.917. The van der Waals surface area contributed by atoms with Crippen LogP contribution >= 0.6 is 11.6 Å². The van der Waals surface area contributed by atoms with E-state index in [9.17, 15) is 0 Å². The van der Waals surface area contributed by atoms with Crippen LogP contribution < -0.4 is 10.5 Å². The summed E-state index contributed by atoms with van der Waals surface area (Å²) in [7, 11) is 1.80. The third kappa shape index (κ3) is 2.63. The molecule has 6 heteroatoms. The fourth-order valence-corrected chi connectivity index (χ4v) is 1.84. The molecule has 2 N–H and O–H groups in total. The smallest absolute Gasteiger partial charge is 0.138 e. The molecule has 2 aromatic rings. The molecule has 18 heavy (non-hydrogen) atoms. The van der Waals surface area contributed by atoms with Gasteiger partial charge < -0.3 is 10.5 Å². The second kappa shape index (κ2) is 5.37. The number of pyridine rings is 1. The summed E-state index contributed by atoms with van der Waals surface area (Å²) >= 11 is 6.12. The van der Waals surface area contributed by atoms with E-state index in [0.29, 0.717) is 24.1 Å². The van der Waals surface area contributed by atoms with Crippen LogP contribution in [0.4, 0.5) is 0 Å². The highest BCUT2D eigenvalue weighted by molar-refractivity contribution is 6.30. The van der Waals surface area contributed by atoms with Crippen LogP contribution in [0, 0.1) is 6.92 Å². The maximum Gasteiger partial charge on any atom is 0.138 e. The van der Waals surface area contributed by atoms with Crippen molar-refractivity contribution >= 4 is 11.6 Å². The van der Waals surface area contributed by atoms with Crippen molar-refractivity contribution in [2.75, 3.05) is 0 Å². The average molecular weight is 267 g/mol. The van der Waals surface area contributed by atoms with Gasteiger partial charge in [0.15, 0.2) is 0 Å². The molecule has 0 bridgehead atoms. The van der Waals surface area contributed by atoms with Crippen LogP contribution in [0.25, 0.3) is 0 Å². The number of hydrogen-bond donors (Lipinski definition) is 1. The second-order valence-corrected chi connectivity index (χ2v) is 4.31. The number of nitrogens with zero attached hydrogens (tertiary/aromatic N) is 3. The Hall–Kier alpha value is -1.59. The number of halogens is 1. The molecular weight excluding hydrogens is 252 g/mol. The fourth-order valence-electron chi connectivity index (χ4n) is 1.61. The lowest BCUT2D eigenvalue weighted by molar-refractivity contribution is 0.304. The van der Waals surface area contributed by atoms with Crippen LogP contribution in [-0.4, -0.2) is 14.8 Å². The molecule has 96 valence electrons. The number of aromatic nitrogens is 3. The Morgan fingerprint density at radius 3 is 2.72 bits per heavy atom. The van der Waals surface area contributed by atoms with Gasteiger partial charge in [0.25, 0.3) is 0 Å². The van der Waals surface area contributed by atoms with Crippen molar-refractivity contribution < 1.29 is 4.74 Å². The van der Waals surface area contributed by atoms with Gasteiger partial charge in [-0.25, -0.2) is 0 Å². The van der Waals surface area contributed by atoms with Crippen molar-refractivity contribution in [1.82, 2.24) is 14.8 Å². The van der Waals surface area contributed by atoms with E-state index >= 15 is 0 Å². The summed E-state index contributed by atoms with van der Waals surface area (Å²) < 4.78 is 7.26. The Kier molecular flexibility index (Phi) is 3.84. The molecule has 0 aliphatic carbocycles. The van der Waals surface area contributed by atoms with Gasteiger partial charge in [0.05, 0.1) is 17.6 Å². The van der Waals surface area contributed by atoms with E-state index in [1.807, 2.05) is 19.1 Å². The average Bonchev–Trinajstić information content (AvgIpc) is 2.62. The highest BCUT2D eigenvalue weighted by Gasteiger charge is 2.11. The van der Waals surface area contributed by atoms with Crippen molar-refractivity contribution in [3.63, 3.8) is 0 Å². The molecule has 0 amide bonds. The Bertz CT molecular complexity index is 536. The van der Waals surface area contributed by atoms with E-state index in [4.69, 9.17) is 22.1 Å². The first-order valence-electron chi connectivity index (χ1n) is 5.57. The molecule has 0 radical (unpaired) electrons. The highest BCUT2D eigenvalue weighted by atomic mass is 35.5. The summed E-state index contributed by atoms with van der Waals surface area (Å²) in [5, 5.41) is 4.82. The molecule has 0 aromatic carbocycles. The van der Waals surface area contributed by atoms with Gasteiger partial charge in [-0.15, -0.1) is 0 Å². The van der Waals surface area contributed by atoms with E-state index in [2.05, 4.69) is 10.1 Å². The van der Waals surface area contributed by atoms with Gasteiger partial charge in [-0.1, -0.05) is 11.6 Å². The van der Waals surface area contributed by atoms with Crippen LogP contribution in [0.1, 0.15) is 17.0 Å². The summed E-state index contributed by atoms with van der Waals surface area (Å²) in [6.45, 7) is 2.70.